The number of aromatic nitrogens is 3. The Morgan fingerprint density at radius 3 is 2.68 bits per heavy atom. The Labute approximate surface area is 128 Å². The number of hydrogen-bond donors (Lipinski definition) is 0. The van der Waals surface area contributed by atoms with Crippen molar-refractivity contribution >= 4 is 11.6 Å². The fourth-order valence-electron chi connectivity index (χ4n) is 1.80. The van der Waals surface area contributed by atoms with Crippen molar-refractivity contribution in [2.75, 3.05) is 0 Å². The van der Waals surface area contributed by atoms with Gasteiger partial charge in [-0.05, 0) is 24.3 Å². The quantitative estimate of drug-likeness (QED) is 0.678. The topological polar surface area (TPSA) is 61.0 Å². The van der Waals surface area contributed by atoms with Gasteiger partial charge in [0, 0.05) is 6.20 Å². The molecule has 0 saturated heterocycles. The lowest BCUT2D eigenvalue weighted by atomic mass is 10.2. The molecule has 2 aromatic heterocycles. The van der Waals surface area contributed by atoms with Gasteiger partial charge < -0.3 is 9.26 Å². The highest BCUT2D eigenvalue weighted by Gasteiger charge is 2.16. The molecular formula is C14H8ClF2N3O2. The summed E-state index contributed by atoms with van der Waals surface area (Å²) in [5, 5.41) is 4.11. The summed E-state index contributed by atoms with van der Waals surface area (Å²) in [6.45, 7) is -2.94. The molecule has 1 aromatic carbocycles. The molecule has 2 heterocycles. The summed E-state index contributed by atoms with van der Waals surface area (Å²) in [7, 11) is 0. The molecule has 8 heteroatoms. The Hall–Kier alpha value is -2.54. The van der Waals surface area contributed by atoms with Gasteiger partial charge in [0.15, 0.2) is 0 Å². The van der Waals surface area contributed by atoms with Gasteiger partial charge in [-0.2, -0.15) is 13.8 Å². The van der Waals surface area contributed by atoms with Gasteiger partial charge in [-0.15, -0.1) is 0 Å². The zero-order valence-electron chi connectivity index (χ0n) is 10.9. The molecular weight excluding hydrogens is 316 g/mol. The van der Waals surface area contributed by atoms with E-state index in [1.807, 2.05) is 0 Å². The maximum Gasteiger partial charge on any atom is 0.387 e. The second-order valence-corrected chi connectivity index (χ2v) is 4.55. The highest BCUT2D eigenvalue weighted by molar-refractivity contribution is 6.29. The summed E-state index contributed by atoms with van der Waals surface area (Å²) in [4.78, 5) is 8.07. The lowest BCUT2D eigenvalue weighted by Crippen LogP contribution is -2.03. The van der Waals surface area contributed by atoms with Crippen LogP contribution < -0.4 is 4.74 Å². The van der Waals surface area contributed by atoms with Gasteiger partial charge >= 0.3 is 6.61 Å². The van der Waals surface area contributed by atoms with Crippen LogP contribution in [0.15, 0.2) is 47.1 Å². The fraction of sp³-hybridized carbons (Fsp3) is 0.0714. The lowest BCUT2D eigenvalue weighted by molar-refractivity contribution is -0.0494. The molecule has 0 N–H and O–H groups in total. The van der Waals surface area contributed by atoms with E-state index < -0.39 is 6.61 Å². The molecule has 0 saturated carbocycles. The largest absolute Gasteiger partial charge is 0.434 e. The maximum atomic E-state index is 12.4. The first-order chi connectivity index (χ1) is 10.6. The minimum Gasteiger partial charge on any atom is -0.434 e. The molecule has 0 radical (unpaired) electrons. The molecule has 0 spiro atoms. The summed E-state index contributed by atoms with van der Waals surface area (Å²) < 4.78 is 34.4. The van der Waals surface area contributed by atoms with E-state index in [0.717, 1.165) is 0 Å². The first kappa shape index (κ1) is 14.4. The van der Waals surface area contributed by atoms with Crippen LogP contribution in [-0.2, 0) is 0 Å². The maximum absolute atomic E-state index is 12.4. The molecule has 0 bridgehead atoms. The molecule has 0 aliphatic carbocycles. The number of hydrogen-bond acceptors (Lipinski definition) is 5. The second kappa shape index (κ2) is 6.07. The van der Waals surface area contributed by atoms with Gasteiger partial charge in [-0.1, -0.05) is 28.9 Å². The van der Waals surface area contributed by atoms with Gasteiger partial charge in [0.05, 0.1) is 11.1 Å². The van der Waals surface area contributed by atoms with E-state index in [-0.39, 0.29) is 17.5 Å². The SMILES string of the molecule is FC(F)Oc1ccccc1-c1noc(-c2ccc(Cl)nc2)n1. The van der Waals surface area contributed by atoms with Crippen molar-refractivity contribution in [2.45, 2.75) is 6.61 Å². The average molecular weight is 324 g/mol. The molecule has 0 aliphatic heterocycles. The van der Waals surface area contributed by atoms with Crippen molar-refractivity contribution < 1.29 is 18.0 Å². The van der Waals surface area contributed by atoms with E-state index in [0.29, 0.717) is 16.3 Å². The van der Waals surface area contributed by atoms with Crippen LogP contribution in [0.1, 0.15) is 0 Å². The molecule has 112 valence electrons. The van der Waals surface area contributed by atoms with E-state index in [2.05, 4.69) is 19.9 Å². The molecule has 0 unspecified atom stereocenters. The van der Waals surface area contributed by atoms with Crippen molar-refractivity contribution in [2.24, 2.45) is 0 Å². The predicted molar refractivity (Wildman–Crippen MR) is 74.6 cm³/mol. The number of ether oxygens (including phenoxy) is 1. The fourth-order valence-corrected chi connectivity index (χ4v) is 1.91. The predicted octanol–water partition coefficient (Wildman–Crippen LogP) is 4.05. The average Bonchev–Trinajstić information content (AvgIpc) is 2.97. The van der Waals surface area contributed by atoms with Gasteiger partial charge in [0.1, 0.15) is 10.9 Å². The van der Waals surface area contributed by atoms with Crippen molar-refractivity contribution in [1.82, 2.24) is 15.1 Å². The number of pyridine rings is 1. The van der Waals surface area contributed by atoms with Crippen molar-refractivity contribution in [3.8, 4) is 28.6 Å². The number of nitrogens with zero attached hydrogens (tertiary/aromatic N) is 3. The van der Waals surface area contributed by atoms with E-state index in [4.69, 9.17) is 16.1 Å². The van der Waals surface area contributed by atoms with Crippen LogP contribution in [0, 0.1) is 0 Å². The Morgan fingerprint density at radius 1 is 1.14 bits per heavy atom. The van der Waals surface area contributed by atoms with Crippen LogP contribution in [0.3, 0.4) is 0 Å². The van der Waals surface area contributed by atoms with Gasteiger partial charge in [0.2, 0.25) is 5.82 Å². The number of rotatable bonds is 4. The van der Waals surface area contributed by atoms with Crippen LogP contribution in [-0.4, -0.2) is 21.7 Å². The number of para-hydroxylation sites is 1. The van der Waals surface area contributed by atoms with Crippen LogP contribution in [0.2, 0.25) is 5.15 Å². The molecule has 22 heavy (non-hydrogen) atoms. The summed E-state index contributed by atoms with van der Waals surface area (Å²) in [5.41, 5.74) is 0.870. The van der Waals surface area contributed by atoms with Crippen molar-refractivity contribution in [1.29, 1.82) is 0 Å². The number of benzene rings is 1. The van der Waals surface area contributed by atoms with Crippen LogP contribution >= 0.6 is 11.6 Å². The Bertz CT molecular complexity index is 778. The Morgan fingerprint density at radius 2 is 1.95 bits per heavy atom. The van der Waals surface area contributed by atoms with E-state index >= 15 is 0 Å². The minimum atomic E-state index is -2.94. The summed E-state index contributed by atoms with van der Waals surface area (Å²) in [6.07, 6.45) is 1.47. The van der Waals surface area contributed by atoms with Crippen LogP contribution in [0.5, 0.6) is 5.75 Å². The van der Waals surface area contributed by atoms with E-state index in [1.165, 1.54) is 12.3 Å². The summed E-state index contributed by atoms with van der Waals surface area (Å²) in [5.74, 6) is 0.311. The first-order valence-corrected chi connectivity index (χ1v) is 6.51. The third kappa shape index (κ3) is 3.04. The standard InChI is InChI=1S/C14H8ClF2N3O2/c15-11-6-5-8(7-18-11)13-19-12(20-22-13)9-3-1-2-4-10(9)21-14(16)17/h1-7,14H. The lowest BCUT2D eigenvalue weighted by Gasteiger charge is -2.07. The minimum absolute atomic E-state index is 0.0286. The first-order valence-electron chi connectivity index (χ1n) is 6.13. The third-order valence-corrected chi connectivity index (χ3v) is 2.97. The smallest absolute Gasteiger partial charge is 0.387 e. The van der Waals surface area contributed by atoms with E-state index in [9.17, 15) is 8.78 Å². The van der Waals surface area contributed by atoms with Crippen molar-refractivity contribution in [3.63, 3.8) is 0 Å². The number of alkyl halides is 2. The molecule has 3 aromatic rings. The van der Waals surface area contributed by atoms with Gasteiger partial charge in [0.25, 0.3) is 5.89 Å². The molecule has 0 aliphatic rings. The molecule has 0 amide bonds. The van der Waals surface area contributed by atoms with Crippen LogP contribution in [0.25, 0.3) is 22.8 Å². The van der Waals surface area contributed by atoms with Gasteiger partial charge in [-0.25, -0.2) is 4.98 Å². The highest BCUT2D eigenvalue weighted by Crippen LogP contribution is 2.30. The van der Waals surface area contributed by atoms with Crippen molar-refractivity contribution in [3.05, 3.63) is 47.7 Å². The molecule has 0 atom stereocenters. The van der Waals surface area contributed by atoms with Crippen LogP contribution in [0.4, 0.5) is 8.78 Å². The summed E-state index contributed by atoms with van der Waals surface area (Å²) >= 11 is 5.70. The normalized spacial score (nSPS) is 10.9. The van der Waals surface area contributed by atoms with Gasteiger partial charge in [-0.3, -0.25) is 0 Å². The molecule has 5 nitrogen and oxygen atoms in total. The number of halogens is 3. The molecule has 3 rings (SSSR count). The molecule has 0 fully saturated rings. The second-order valence-electron chi connectivity index (χ2n) is 4.17. The monoisotopic (exact) mass is 323 g/mol. The third-order valence-electron chi connectivity index (χ3n) is 2.74. The van der Waals surface area contributed by atoms with E-state index in [1.54, 1.807) is 30.3 Å². The Balaban J connectivity index is 1.96. The zero-order chi connectivity index (χ0) is 15.5. The highest BCUT2D eigenvalue weighted by atomic mass is 35.5. The zero-order valence-corrected chi connectivity index (χ0v) is 11.7. The Kier molecular flexibility index (Phi) is 3.97. The summed E-state index contributed by atoms with van der Waals surface area (Å²) in [6, 6.07) is 9.44.